The maximum absolute atomic E-state index is 12.1. The van der Waals surface area contributed by atoms with Gasteiger partial charge in [0.25, 0.3) is 5.91 Å². The summed E-state index contributed by atoms with van der Waals surface area (Å²) in [4.78, 5) is 36.1. The van der Waals surface area contributed by atoms with Crippen molar-refractivity contribution in [1.82, 2.24) is 10.2 Å². The number of likely N-dealkylation sites (N-methyl/N-ethyl adjacent to an activating group) is 1. The molecule has 1 aromatic rings. The number of nitrogens with zero attached hydrogens (tertiary/aromatic N) is 1. The van der Waals surface area contributed by atoms with E-state index in [1.54, 1.807) is 12.1 Å². The van der Waals surface area contributed by atoms with E-state index in [-0.39, 0.29) is 30.3 Å². The van der Waals surface area contributed by atoms with Crippen molar-refractivity contribution in [1.29, 1.82) is 0 Å². The van der Waals surface area contributed by atoms with E-state index in [2.05, 4.69) is 26.1 Å². The van der Waals surface area contributed by atoms with Crippen LogP contribution >= 0.6 is 0 Å². The maximum atomic E-state index is 12.1. The lowest BCUT2D eigenvalue weighted by atomic mass is 9.87. The average molecular weight is 334 g/mol. The van der Waals surface area contributed by atoms with Crippen LogP contribution in [0.25, 0.3) is 0 Å². The van der Waals surface area contributed by atoms with Gasteiger partial charge >= 0.3 is 5.97 Å². The first kappa shape index (κ1) is 19.7. The highest BCUT2D eigenvalue weighted by atomic mass is 16.4. The molecule has 132 valence electrons. The Morgan fingerprint density at radius 3 is 2.17 bits per heavy atom. The van der Waals surface area contributed by atoms with Crippen molar-refractivity contribution in [2.75, 3.05) is 20.1 Å². The molecule has 0 aliphatic heterocycles. The van der Waals surface area contributed by atoms with Gasteiger partial charge in [-0.15, -0.1) is 0 Å². The number of carbonyl (C=O) groups is 3. The molecule has 1 unspecified atom stereocenters. The zero-order valence-electron chi connectivity index (χ0n) is 14.9. The van der Waals surface area contributed by atoms with Crippen LogP contribution in [-0.2, 0) is 15.0 Å². The van der Waals surface area contributed by atoms with E-state index in [0.717, 1.165) is 5.56 Å². The molecule has 0 bridgehead atoms. The largest absolute Gasteiger partial charge is 0.481 e. The second-order valence-electron chi connectivity index (χ2n) is 7.02. The van der Waals surface area contributed by atoms with E-state index in [0.29, 0.717) is 5.56 Å². The molecular weight excluding hydrogens is 308 g/mol. The molecule has 0 radical (unpaired) electrons. The first-order chi connectivity index (χ1) is 11.0. The molecule has 2 N–H and O–H groups in total. The first-order valence-electron chi connectivity index (χ1n) is 7.88. The highest BCUT2D eigenvalue weighted by molar-refractivity contribution is 5.96. The number of nitrogens with one attached hydrogen (secondary N) is 1. The Bertz CT molecular complexity index is 602. The van der Waals surface area contributed by atoms with Gasteiger partial charge in [0.05, 0.1) is 12.5 Å². The van der Waals surface area contributed by atoms with E-state index < -0.39 is 11.9 Å². The minimum atomic E-state index is -0.961. The molecule has 2 amide bonds. The zero-order chi connectivity index (χ0) is 18.5. The molecule has 0 fully saturated rings. The van der Waals surface area contributed by atoms with Crippen molar-refractivity contribution in [2.24, 2.45) is 5.92 Å². The van der Waals surface area contributed by atoms with Gasteiger partial charge in [0.1, 0.15) is 0 Å². The number of carbonyl (C=O) groups excluding carboxylic acids is 2. The summed E-state index contributed by atoms with van der Waals surface area (Å²) in [5.74, 6) is -2.27. The van der Waals surface area contributed by atoms with Gasteiger partial charge in [-0.05, 0) is 23.1 Å². The lowest BCUT2D eigenvalue weighted by Crippen LogP contribution is -2.40. The summed E-state index contributed by atoms with van der Waals surface area (Å²) < 4.78 is 0. The molecule has 0 spiro atoms. The number of rotatable bonds is 6. The van der Waals surface area contributed by atoms with E-state index in [1.807, 2.05) is 12.1 Å². The standard InChI is InChI=1S/C18H26N2O4/c1-12(17(23)24)11-20(5)15(21)10-19-16(22)13-6-8-14(9-7-13)18(2,3)4/h6-9,12H,10-11H2,1-5H3,(H,19,22)(H,23,24). The molecule has 0 saturated heterocycles. The van der Waals surface area contributed by atoms with Gasteiger partial charge in [0.15, 0.2) is 0 Å². The summed E-state index contributed by atoms with van der Waals surface area (Å²) in [5, 5.41) is 11.4. The minimum Gasteiger partial charge on any atom is -0.481 e. The van der Waals surface area contributed by atoms with Crippen LogP contribution in [-0.4, -0.2) is 47.9 Å². The quantitative estimate of drug-likeness (QED) is 0.832. The van der Waals surface area contributed by atoms with E-state index in [4.69, 9.17) is 5.11 Å². The minimum absolute atomic E-state index is 0.00845. The summed E-state index contributed by atoms with van der Waals surface area (Å²) in [7, 11) is 1.52. The molecule has 0 aliphatic rings. The third-order valence-electron chi connectivity index (χ3n) is 3.81. The molecular formula is C18H26N2O4. The molecule has 6 heteroatoms. The average Bonchev–Trinajstić information content (AvgIpc) is 2.51. The van der Waals surface area contributed by atoms with Crippen LogP contribution < -0.4 is 5.32 Å². The van der Waals surface area contributed by atoms with Crippen molar-refractivity contribution >= 4 is 17.8 Å². The molecule has 0 aliphatic carbocycles. The SMILES string of the molecule is CC(CN(C)C(=O)CNC(=O)c1ccc(C(C)(C)C)cc1)C(=O)O. The monoisotopic (exact) mass is 334 g/mol. The Hall–Kier alpha value is -2.37. The third-order valence-corrected chi connectivity index (χ3v) is 3.81. The molecule has 1 rings (SSSR count). The molecule has 0 aromatic heterocycles. The molecule has 0 heterocycles. The number of hydrogen-bond acceptors (Lipinski definition) is 3. The molecule has 24 heavy (non-hydrogen) atoms. The van der Waals surface area contributed by atoms with Gasteiger partial charge in [-0.3, -0.25) is 14.4 Å². The fourth-order valence-corrected chi connectivity index (χ4v) is 2.11. The van der Waals surface area contributed by atoms with E-state index >= 15 is 0 Å². The van der Waals surface area contributed by atoms with Gasteiger partial charge in [0, 0.05) is 19.2 Å². The summed E-state index contributed by atoms with van der Waals surface area (Å²) in [6, 6.07) is 7.27. The van der Waals surface area contributed by atoms with Gasteiger partial charge in [-0.25, -0.2) is 0 Å². The van der Waals surface area contributed by atoms with Crippen LogP contribution in [0.5, 0.6) is 0 Å². The van der Waals surface area contributed by atoms with Crippen molar-refractivity contribution in [2.45, 2.75) is 33.1 Å². The van der Waals surface area contributed by atoms with E-state index in [9.17, 15) is 14.4 Å². The number of hydrogen-bond donors (Lipinski definition) is 2. The number of benzene rings is 1. The Labute approximate surface area is 142 Å². The molecule has 6 nitrogen and oxygen atoms in total. The van der Waals surface area contributed by atoms with Crippen LogP contribution in [0.1, 0.15) is 43.6 Å². The number of amides is 2. The second kappa shape index (κ2) is 7.95. The summed E-state index contributed by atoms with van der Waals surface area (Å²) in [5.41, 5.74) is 1.61. The van der Waals surface area contributed by atoms with Crippen LogP contribution in [0.15, 0.2) is 24.3 Å². The number of carboxylic acids is 1. The van der Waals surface area contributed by atoms with Gasteiger partial charge in [-0.2, -0.15) is 0 Å². The topological polar surface area (TPSA) is 86.7 Å². The summed E-state index contributed by atoms with van der Waals surface area (Å²) in [6.07, 6.45) is 0. The Kier molecular flexibility index (Phi) is 6.51. The predicted octanol–water partition coefficient (Wildman–Crippen LogP) is 1.89. The van der Waals surface area contributed by atoms with E-state index in [1.165, 1.54) is 18.9 Å². The van der Waals surface area contributed by atoms with Crippen molar-refractivity contribution in [3.8, 4) is 0 Å². The normalized spacial score (nSPS) is 12.4. The Morgan fingerprint density at radius 2 is 1.71 bits per heavy atom. The maximum Gasteiger partial charge on any atom is 0.308 e. The van der Waals surface area contributed by atoms with Crippen molar-refractivity contribution in [3.05, 3.63) is 35.4 Å². The summed E-state index contributed by atoms with van der Waals surface area (Å²) in [6.45, 7) is 7.74. The van der Waals surface area contributed by atoms with Gasteiger partial charge in [-0.1, -0.05) is 39.8 Å². The van der Waals surface area contributed by atoms with Gasteiger partial charge < -0.3 is 15.3 Å². The fraction of sp³-hybridized carbons (Fsp3) is 0.500. The second-order valence-corrected chi connectivity index (χ2v) is 7.02. The van der Waals surface area contributed by atoms with Crippen molar-refractivity contribution in [3.63, 3.8) is 0 Å². The van der Waals surface area contributed by atoms with Crippen LogP contribution in [0, 0.1) is 5.92 Å². The Balaban J connectivity index is 2.56. The summed E-state index contributed by atoms with van der Waals surface area (Å²) >= 11 is 0. The first-order valence-corrected chi connectivity index (χ1v) is 7.88. The van der Waals surface area contributed by atoms with Crippen LogP contribution in [0.2, 0.25) is 0 Å². The highest BCUT2D eigenvalue weighted by Crippen LogP contribution is 2.22. The smallest absolute Gasteiger partial charge is 0.308 e. The fourth-order valence-electron chi connectivity index (χ4n) is 2.11. The Morgan fingerprint density at radius 1 is 1.17 bits per heavy atom. The van der Waals surface area contributed by atoms with Crippen LogP contribution in [0.3, 0.4) is 0 Å². The van der Waals surface area contributed by atoms with Crippen molar-refractivity contribution < 1.29 is 19.5 Å². The molecule has 0 saturated carbocycles. The lowest BCUT2D eigenvalue weighted by molar-refractivity contribution is -0.142. The molecule has 1 atom stereocenters. The third kappa shape index (κ3) is 5.68. The highest BCUT2D eigenvalue weighted by Gasteiger charge is 2.18. The predicted molar refractivity (Wildman–Crippen MR) is 91.9 cm³/mol. The lowest BCUT2D eigenvalue weighted by Gasteiger charge is -2.20. The number of carboxylic acid groups (broad SMARTS) is 1. The van der Waals surface area contributed by atoms with Crippen LogP contribution in [0.4, 0.5) is 0 Å². The van der Waals surface area contributed by atoms with Gasteiger partial charge in [0.2, 0.25) is 5.91 Å². The zero-order valence-corrected chi connectivity index (χ0v) is 14.9. The number of aliphatic carboxylic acids is 1. The molecule has 1 aromatic carbocycles.